The van der Waals surface area contributed by atoms with E-state index in [1.807, 2.05) is 30.3 Å². The summed E-state index contributed by atoms with van der Waals surface area (Å²) in [5.41, 5.74) is 7.61. The average molecular weight is 269 g/mol. The van der Waals surface area contributed by atoms with Gasteiger partial charge in [0.2, 0.25) is 0 Å². The lowest BCUT2D eigenvalue weighted by Crippen LogP contribution is -2.49. The molecule has 3 N–H and O–H groups in total. The highest BCUT2D eigenvalue weighted by Crippen LogP contribution is 2.20. The number of rotatable bonds is 2. The molecule has 0 aliphatic heterocycles. The zero-order chi connectivity index (χ0) is 13.9. The summed E-state index contributed by atoms with van der Waals surface area (Å²) in [6.45, 7) is 0. The van der Waals surface area contributed by atoms with Crippen LogP contribution in [0.3, 0.4) is 0 Å². The monoisotopic (exact) mass is 269 g/mol. The molecular formula is C16H19N3O. The lowest BCUT2D eigenvalue weighted by atomic mass is 9.90. The number of fused-ring (bicyclic) bond motifs is 1. The molecule has 0 saturated heterocycles. The van der Waals surface area contributed by atoms with Crippen LogP contribution in [0.5, 0.6) is 0 Å². The quantitative estimate of drug-likeness (QED) is 0.878. The molecule has 1 aliphatic carbocycles. The van der Waals surface area contributed by atoms with E-state index in [-0.39, 0.29) is 18.0 Å². The Kier molecular flexibility index (Phi) is 3.65. The SMILES string of the molecule is N[C@@H]1CCCC[C@H]1NC(=O)c1cccc2ncccc12. The van der Waals surface area contributed by atoms with Gasteiger partial charge in [0.15, 0.2) is 0 Å². The highest BCUT2D eigenvalue weighted by atomic mass is 16.1. The van der Waals surface area contributed by atoms with Crippen LogP contribution >= 0.6 is 0 Å². The maximum absolute atomic E-state index is 12.5. The summed E-state index contributed by atoms with van der Waals surface area (Å²) in [5, 5.41) is 3.97. The van der Waals surface area contributed by atoms with Crippen molar-refractivity contribution in [3.8, 4) is 0 Å². The number of hydrogen-bond acceptors (Lipinski definition) is 3. The molecule has 1 aliphatic rings. The standard InChI is InChI=1S/C16H19N3O/c17-13-7-1-2-8-15(13)19-16(20)12-5-3-9-14-11(12)6-4-10-18-14/h3-6,9-10,13,15H,1-2,7-8,17H2,(H,19,20)/t13-,15-/m1/s1. The van der Waals surface area contributed by atoms with Crippen molar-refractivity contribution in [2.45, 2.75) is 37.8 Å². The minimum atomic E-state index is -0.0500. The Labute approximate surface area is 118 Å². The molecule has 3 rings (SSSR count). The number of benzene rings is 1. The van der Waals surface area contributed by atoms with Gasteiger partial charge in [-0.3, -0.25) is 9.78 Å². The predicted molar refractivity (Wildman–Crippen MR) is 79.4 cm³/mol. The van der Waals surface area contributed by atoms with E-state index in [9.17, 15) is 4.79 Å². The third-order valence-corrected chi connectivity index (χ3v) is 4.03. The molecule has 1 fully saturated rings. The first-order valence-electron chi connectivity index (χ1n) is 7.16. The molecule has 1 saturated carbocycles. The van der Waals surface area contributed by atoms with Gasteiger partial charge in [0.1, 0.15) is 0 Å². The average Bonchev–Trinajstić information content (AvgIpc) is 2.49. The van der Waals surface area contributed by atoms with Crippen LogP contribution in [0, 0.1) is 0 Å². The van der Waals surface area contributed by atoms with Crippen LogP contribution in [0.1, 0.15) is 36.0 Å². The minimum absolute atomic E-state index is 0.0500. The van der Waals surface area contributed by atoms with E-state index in [0.717, 1.165) is 36.6 Å². The van der Waals surface area contributed by atoms with E-state index in [4.69, 9.17) is 5.73 Å². The molecule has 0 radical (unpaired) electrons. The first kappa shape index (κ1) is 13.1. The molecule has 4 nitrogen and oxygen atoms in total. The Balaban J connectivity index is 1.85. The topological polar surface area (TPSA) is 68.0 Å². The Morgan fingerprint density at radius 2 is 2.05 bits per heavy atom. The number of carbonyl (C=O) groups is 1. The van der Waals surface area contributed by atoms with Crippen molar-refractivity contribution >= 4 is 16.8 Å². The minimum Gasteiger partial charge on any atom is -0.348 e. The van der Waals surface area contributed by atoms with Crippen molar-refractivity contribution in [3.63, 3.8) is 0 Å². The maximum atomic E-state index is 12.5. The van der Waals surface area contributed by atoms with E-state index in [2.05, 4.69) is 10.3 Å². The van der Waals surface area contributed by atoms with Crippen LogP contribution in [-0.2, 0) is 0 Å². The Bertz CT molecular complexity index is 621. The van der Waals surface area contributed by atoms with E-state index in [0.29, 0.717) is 5.56 Å². The number of pyridine rings is 1. The molecule has 20 heavy (non-hydrogen) atoms. The zero-order valence-electron chi connectivity index (χ0n) is 11.4. The molecule has 0 spiro atoms. The van der Waals surface area contributed by atoms with Crippen molar-refractivity contribution in [3.05, 3.63) is 42.1 Å². The number of amides is 1. The highest BCUT2D eigenvalue weighted by molar-refractivity contribution is 6.06. The van der Waals surface area contributed by atoms with Gasteiger partial charge >= 0.3 is 0 Å². The summed E-state index contributed by atoms with van der Waals surface area (Å²) < 4.78 is 0. The molecule has 1 heterocycles. The first-order valence-corrected chi connectivity index (χ1v) is 7.16. The zero-order valence-corrected chi connectivity index (χ0v) is 11.4. The van der Waals surface area contributed by atoms with Crippen LogP contribution in [0.2, 0.25) is 0 Å². The molecule has 2 aromatic rings. The Hall–Kier alpha value is -1.94. The normalized spacial score (nSPS) is 22.6. The maximum Gasteiger partial charge on any atom is 0.252 e. The van der Waals surface area contributed by atoms with Crippen LogP contribution in [0.15, 0.2) is 36.5 Å². The highest BCUT2D eigenvalue weighted by Gasteiger charge is 2.24. The van der Waals surface area contributed by atoms with E-state index < -0.39 is 0 Å². The second-order valence-electron chi connectivity index (χ2n) is 5.40. The molecule has 4 heteroatoms. The molecule has 1 amide bonds. The van der Waals surface area contributed by atoms with E-state index in [1.165, 1.54) is 0 Å². The van der Waals surface area contributed by atoms with Gasteiger partial charge < -0.3 is 11.1 Å². The smallest absolute Gasteiger partial charge is 0.252 e. The molecule has 0 bridgehead atoms. The lowest BCUT2D eigenvalue weighted by Gasteiger charge is -2.29. The molecule has 1 aromatic carbocycles. The van der Waals surface area contributed by atoms with Gasteiger partial charge in [-0.05, 0) is 31.0 Å². The van der Waals surface area contributed by atoms with E-state index in [1.54, 1.807) is 6.20 Å². The van der Waals surface area contributed by atoms with Crippen molar-refractivity contribution < 1.29 is 4.79 Å². The third-order valence-electron chi connectivity index (χ3n) is 4.03. The fourth-order valence-electron chi connectivity index (χ4n) is 2.89. The number of nitrogens with zero attached hydrogens (tertiary/aromatic N) is 1. The third kappa shape index (κ3) is 2.51. The van der Waals surface area contributed by atoms with Gasteiger partial charge in [0, 0.05) is 29.2 Å². The predicted octanol–water partition coefficient (Wildman–Crippen LogP) is 2.23. The summed E-state index contributed by atoms with van der Waals surface area (Å²) in [5.74, 6) is -0.0500. The lowest BCUT2D eigenvalue weighted by molar-refractivity contribution is 0.0923. The first-order chi connectivity index (χ1) is 9.75. The van der Waals surface area contributed by atoms with Gasteiger partial charge in [-0.25, -0.2) is 0 Å². The summed E-state index contributed by atoms with van der Waals surface area (Å²) >= 11 is 0. The number of nitrogens with one attached hydrogen (secondary N) is 1. The van der Waals surface area contributed by atoms with Crippen molar-refractivity contribution in [2.75, 3.05) is 0 Å². The second kappa shape index (κ2) is 5.59. The van der Waals surface area contributed by atoms with E-state index >= 15 is 0 Å². The van der Waals surface area contributed by atoms with Gasteiger partial charge in [0.25, 0.3) is 5.91 Å². The molecule has 2 atom stereocenters. The Morgan fingerprint density at radius 1 is 1.20 bits per heavy atom. The Morgan fingerprint density at radius 3 is 2.90 bits per heavy atom. The number of aromatic nitrogens is 1. The molecule has 0 unspecified atom stereocenters. The fourth-order valence-corrected chi connectivity index (χ4v) is 2.89. The largest absolute Gasteiger partial charge is 0.348 e. The summed E-state index contributed by atoms with van der Waals surface area (Å²) in [7, 11) is 0. The number of hydrogen-bond donors (Lipinski definition) is 2. The van der Waals surface area contributed by atoms with Crippen molar-refractivity contribution in [1.29, 1.82) is 0 Å². The molecule has 104 valence electrons. The van der Waals surface area contributed by atoms with Gasteiger partial charge in [-0.1, -0.05) is 25.0 Å². The molecule has 1 aromatic heterocycles. The van der Waals surface area contributed by atoms with Crippen molar-refractivity contribution in [1.82, 2.24) is 10.3 Å². The van der Waals surface area contributed by atoms with Gasteiger partial charge in [-0.15, -0.1) is 0 Å². The number of carbonyl (C=O) groups excluding carboxylic acids is 1. The van der Waals surface area contributed by atoms with Crippen LogP contribution < -0.4 is 11.1 Å². The summed E-state index contributed by atoms with van der Waals surface area (Å²) in [4.78, 5) is 16.8. The fraction of sp³-hybridized carbons (Fsp3) is 0.375. The van der Waals surface area contributed by atoms with Crippen LogP contribution in [-0.4, -0.2) is 23.0 Å². The summed E-state index contributed by atoms with van der Waals surface area (Å²) in [6, 6.07) is 9.56. The summed E-state index contributed by atoms with van der Waals surface area (Å²) in [6.07, 6.45) is 5.99. The van der Waals surface area contributed by atoms with Gasteiger partial charge in [-0.2, -0.15) is 0 Å². The van der Waals surface area contributed by atoms with Crippen LogP contribution in [0.4, 0.5) is 0 Å². The van der Waals surface area contributed by atoms with Gasteiger partial charge in [0.05, 0.1) is 5.52 Å². The van der Waals surface area contributed by atoms with Crippen molar-refractivity contribution in [2.24, 2.45) is 5.73 Å². The second-order valence-corrected chi connectivity index (χ2v) is 5.40. The van der Waals surface area contributed by atoms with Crippen LogP contribution in [0.25, 0.3) is 10.9 Å². The number of nitrogens with two attached hydrogens (primary N) is 1. The molecular weight excluding hydrogens is 250 g/mol.